The molecule has 2 rings (SSSR count). The highest BCUT2D eigenvalue weighted by molar-refractivity contribution is 5.02. The van der Waals surface area contributed by atoms with Gasteiger partial charge in [0.1, 0.15) is 5.60 Å². The van der Waals surface area contributed by atoms with Crippen LogP contribution in [-0.2, 0) is 4.74 Å². The Morgan fingerprint density at radius 3 is 3.06 bits per heavy atom. The monoisotopic (exact) mass is 237 g/mol. The summed E-state index contributed by atoms with van der Waals surface area (Å²) in [5.41, 5.74) is 0.110. The van der Waals surface area contributed by atoms with E-state index in [1.165, 1.54) is 0 Å². The second kappa shape index (κ2) is 5.08. The van der Waals surface area contributed by atoms with Gasteiger partial charge in [0.2, 0.25) is 0 Å². The molecule has 1 aromatic heterocycles. The fourth-order valence-corrected chi connectivity index (χ4v) is 1.97. The van der Waals surface area contributed by atoms with E-state index in [1.807, 2.05) is 13.8 Å². The zero-order valence-electron chi connectivity index (χ0n) is 10.3. The Kier molecular flexibility index (Phi) is 3.71. The third-order valence-electron chi connectivity index (χ3n) is 3.40. The standard InChI is InChI=1S/C12H19N3O2/c1-9(11-7-13-4-5-14-11)15-8-12(16)3-6-17-10(12)2/h4-5,7,9-10,15-16H,3,6,8H2,1-2H3. The summed E-state index contributed by atoms with van der Waals surface area (Å²) in [5, 5.41) is 13.6. The maximum atomic E-state index is 10.3. The van der Waals surface area contributed by atoms with E-state index in [2.05, 4.69) is 15.3 Å². The molecule has 2 heterocycles. The highest BCUT2D eigenvalue weighted by Crippen LogP contribution is 2.25. The molecule has 0 amide bonds. The van der Waals surface area contributed by atoms with Crippen LogP contribution in [-0.4, -0.2) is 39.9 Å². The summed E-state index contributed by atoms with van der Waals surface area (Å²) in [6.45, 7) is 5.04. The molecular weight excluding hydrogens is 218 g/mol. The number of aromatic nitrogens is 2. The van der Waals surface area contributed by atoms with Crippen LogP contribution in [0, 0.1) is 0 Å². The maximum absolute atomic E-state index is 10.3. The Bertz CT molecular complexity index is 360. The first-order valence-corrected chi connectivity index (χ1v) is 5.95. The van der Waals surface area contributed by atoms with Gasteiger partial charge in [-0.3, -0.25) is 9.97 Å². The Labute approximate surface area is 101 Å². The minimum Gasteiger partial charge on any atom is -0.386 e. The van der Waals surface area contributed by atoms with Crippen LogP contribution < -0.4 is 5.32 Å². The van der Waals surface area contributed by atoms with Crippen molar-refractivity contribution >= 4 is 0 Å². The van der Waals surface area contributed by atoms with Gasteiger partial charge in [-0.05, 0) is 13.8 Å². The molecule has 0 bridgehead atoms. The second-order valence-electron chi connectivity index (χ2n) is 4.60. The largest absolute Gasteiger partial charge is 0.386 e. The molecule has 0 spiro atoms. The van der Waals surface area contributed by atoms with Gasteiger partial charge in [-0.25, -0.2) is 0 Å². The average molecular weight is 237 g/mol. The zero-order valence-corrected chi connectivity index (χ0v) is 10.3. The summed E-state index contributed by atoms with van der Waals surface area (Å²) in [6.07, 6.45) is 5.61. The van der Waals surface area contributed by atoms with E-state index in [0.29, 0.717) is 19.6 Å². The quantitative estimate of drug-likeness (QED) is 0.805. The van der Waals surface area contributed by atoms with Crippen molar-refractivity contribution in [1.29, 1.82) is 0 Å². The van der Waals surface area contributed by atoms with E-state index in [1.54, 1.807) is 18.6 Å². The Morgan fingerprint density at radius 2 is 2.47 bits per heavy atom. The van der Waals surface area contributed by atoms with Crippen molar-refractivity contribution in [3.05, 3.63) is 24.3 Å². The van der Waals surface area contributed by atoms with E-state index in [0.717, 1.165) is 5.69 Å². The van der Waals surface area contributed by atoms with Crippen molar-refractivity contribution in [1.82, 2.24) is 15.3 Å². The Hall–Kier alpha value is -1.04. The third kappa shape index (κ3) is 2.80. The molecule has 94 valence electrons. The van der Waals surface area contributed by atoms with Crippen LogP contribution in [0.15, 0.2) is 18.6 Å². The summed E-state index contributed by atoms with van der Waals surface area (Å²) < 4.78 is 5.39. The lowest BCUT2D eigenvalue weighted by molar-refractivity contribution is -0.0275. The van der Waals surface area contributed by atoms with E-state index >= 15 is 0 Å². The average Bonchev–Trinajstić information content (AvgIpc) is 2.68. The van der Waals surface area contributed by atoms with Gasteiger partial charge in [0.05, 0.1) is 11.8 Å². The van der Waals surface area contributed by atoms with E-state index < -0.39 is 5.60 Å². The first-order valence-electron chi connectivity index (χ1n) is 5.95. The van der Waals surface area contributed by atoms with E-state index in [9.17, 15) is 5.11 Å². The van der Waals surface area contributed by atoms with Gasteiger partial charge in [0.15, 0.2) is 0 Å². The fraction of sp³-hybridized carbons (Fsp3) is 0.667. The van der Waals surface area contributed by atoms with Gasteiger partial charge in [0.25, 0.3) is 0 Å². The summed E-state index contributed by atoms with van der Waals surface area (Å²) >= 11 is 0. The van der Waals surface area contributed by atoms with Crippen molar-refractivity contribution < 1.29 is 9.84 Å². The minimum atomic E-state index is -0.767. The minimum absolute atomic E-state index is 0.0699. The summed E-state index contributed by atoms with van der Waals surface area (Å²) in [5.74, 6) is 0. The molecule has 0 aliphatic carbocycles. The number of hydrogen-bond acceptors (Lipinski definition) is 5. The summed E-state index contributed by atoms with van der Waals surface area (Å²) in [6, 6.07) is 0.0699. The lowest BCUT2D eigenvalue weighted by atomic mass is 9.96. The van der Waals surface area contributed by atoms with Crippen LogP contribution in [0.25, 0.3) is 0 Å². The van der Waals surface area contributed by atoms with Crippen molar-refractivity contribution in [3.63, 3.8) is 0 Å². The highest BCUT2D eigenvalue weighted by Gasteiger charge is 2.39. The summed E-state index contributed by atoms with van der Waals surface area (Å²) in [7, 11) is 0. The maximum Gasteiger partial charge on any atom is 0.105 e. The number of nitrogens with zero attached hydrogens (tertiary/aromatic N) is 2. The number of nitrogens with one attached hydrogen (secondary N) is 1. The zero-order chi connectivity index (χ0) is 12.3. The van der Waals surface area contributed by atoms with Crippen LogP contribution >= 0.6 is 0 Å². The normalized spacial score (nSPS) is 30.4. The van der Waals surface area contributed by atoms with Gasteiger partial charge in [-0.2, -0.15) is 0 Å². The summed E-state index contributed by atoms with van der Waals surface area (Å²) in [4.78, 5) is 8.26. The molecule has 17 heavy (non-hydrogen) atoms. The van der Waals surface area contributed by atoms with Crippen LogP contribution in [0.5, 0.6) is 0 Å². The molecular formula is C12H19N3O2. The van der Waals surface area contributed by atoms with Crippen molar-refractivity contribution in [2.75, 3.05) is 13.2 Å². The molecule has 3 unspecified atom stereocenters. The molecule has 3 atom stereocenters. The Balaban J connectivity index is 1.90. The third-order valence-corrected chi connectivity index (χ3v) is 3.40. The fourth-order valence-electron chi connectivity index (χ4n) is 1.97. The lowest BCUT2D eigenvalue weighted by Crippen LogP contribution is -2.46. The number of aliphatic hydroxyl groups is 1. The molecule has 1 aliphatic heterocycles. The molecule has 0 radical (unpaired) electrons. The van der Waals surface area contributed by atoms with Crippen molar-refractivity contribution in [2.45, 2.75) is 38.0 Å². The number of rotatable bonds is 4. The lowest BCUT2D eigenvalue weighted by Gasteiger charge is -2.28. The van der Waals surface area contributed by atoms with Gasteiger partial charge in [0, 0.05) is 44.2 Å². The van der Waals surface area contributed by atoms with Gasteiger partial charge >= 0.3 is 0 Å². The van der Waals surface area contributed by atoms with Crippen LogP contribution in [0.3, 0.4) is 0 Å². The number of ether oxygens (including phenoxy) is 1. The predicted octanol–water partition coefficient (Wildman–Crippen LogP) is 0.667. The second-order valence-corrected chi connectivity index (χ2v) is 4.60. The molecule has 1 aliphatic rings. The molecule has 5 nitrogen and oxygen atoms in total. The SMILES string of the molecule is CC(NCC1(O)CCOC1C)c1cnccn1. The Morgan fingerprint density at radius 1 is 1.65 bits per heavy atom. The van der Waals surface area contributed by atoms with Gasteiger partial charge in [-0.15, -0.1) is 0 Å². The first-order chi connectivity index (χ1) is 8.12. The van der Waals surface area contributed by atoms with Crippen LogP contribution in [0.1, 0.15) is 32.0 Å². The molecule has 1 saturated heterocycles. The molecule has 1 fully saturated rings. The van der Waals surface area contributed by atoms with E-state index in [4.69, 9.17) is 4.74 Å². The molecule has 5 heteroatoms. The number of hydrogen-bond donors (Lipinski definition) is 2. The smallest absolute Gasteiger partial charge is 0.105 e. The molecule has 1 aromatic rings. The van der Waals surface area contributed by atoms with Crippen LogP contribution in [0.4, 0.5) is 0 Å². The molecule has 2 N–H and O–H groups in total. The highest BCUT2D eigenvalue weighted by atomic mass is 16.5. The first kappa shape index (κ1) is 12.4. The van der Waals surface area contributed by atoms with Crippen molar-refractivity contribution in [2.24, 2.45) is 0 Å². The van der Waals surface area contributed by atoms with Crippen LogP contribution in [0.2, 0.25) is 0 Å². The van der Waals surface area contributed by atoms with Gasteiger partial charge < -0.3 is 15.2 Å². The van der Waals surface area contributed by atoms with Gasteiger partial charge in [-0.1, -0.05) is 0 Å². The molecule has 0 saturated carbocycles. The van der Waals surface area contributed by atoms with E-state index in [-0.39, 0.29) is 12.1 Å². The topological polar surface area (TPSA) is 67.3 Å². The predicted molar refractivity (Wildman–Crippen MR) is 63.4 cm³/mol. The molecule has 0 aromatic carbocycles. The van der Waals surface area contributed by atoms with Crippen molar-refractivity contribution in [3.8, 4) is 0 Å².